The number of Topliss-reactive ketones (excluding diaryl/α,β-unsaturated/α-hetero) is 1. The minimum Gasteiger partial charge on any atom is -0.507 e. The number of para-hydroxylation sites is 1. The van der Waals surface area contributed by atoms with Crippen molar-refractivity contribution in [2.45, 2.75) is 64.4 Å². The van der Waals surface area contributed by atoms with E-state index in [9.17, 15) is 9.90 Å². The second-order valence-corrected chi connectivity index (χ2v) is 11.1. The summed E-state index contributed by atoms with van der Waals surface area (Å²) in [6.45, 7) is 12.6. The summed E-state index contributed by atoms with van der Waals surface area (Å²) in [5.41, 5.74) is 3.74. The van der Waals surface area contributed by atoms with Gasteiger partial charge in [-0.25, -0.2) is 0 Å². The van der Waals surface area contributed by atoms with Crippen LogP contribution in [0.5, 0.6) is 17.2 Å². The molecule has 0 saturated heterocycles. The molecule has 0 aromatic heterocycles. The molecule has 0 bridgehead atoms. The lowest BCUT2D eigenvalue weighted by Gasteiger charge is -2.30. The van der Waals surface area contributed by atoms with E-state index in [0.29, 0.717) is 17.1 Å². The second-order valence-electron chi connectivity index (χ2n) is 11.1. The molecule has 4 rings (SSSR count). The van der Waals surface area contributed by atoms with Gasteiger partial charge in [0.2, 0.25) is 5.78 Å². The molecule has 0 unspecified atom stereocenters. The van der Waals surface area contributed by atoms with Gasteiger partial charge in [-0.05, 0) is 57.9 Å². The average Bonchev–Trinajstić information content (AvgIpc) is 3.17. The fraction of sp³-hybridized carbons (Fsp3) is 0.367. The number of methoxy groups -OCH3 is 1. The number of phenolic OH excluding ortho intramolecular Hbond substituents is 1. The lowest BCUT2D eigenvalue weighted by Crippen LogP contribution is -2.30. The van der Waals surface area contributed by atoms with Crippen LogP contribution in [0.4, 0.5) is 0 Å². The van der Waals surface area contributed by atoms with Crippen LogP contribution in [0, 0.1) is 0 Å². The predicted molar refractivity (Wildman–Crippen MR) is 136 cm³/mol. The average molecular weight is 459 g/mol. The van der Waals surface area contributed by atoms with Crippen molar-refractivity contribution in [1.29, 1.82) is 0 Å². The fourth-order valence-corrected chi connectivity index (χ4v) is 4.67. The molecule has 1 aliphatic heterocycles. The lowest BCUT2D eigenvalue weighted by atomic mass is 9.75. The van der Waals surface area contributed by atoms with E-state index in [1.165, 1.54) is 0 Å². The first-order chi connectivity index (χ1) is 15.9. The number of ether oxygens (including phenoxy) is 2. The smallest absolute Gasteiger partial charge is 0.204 e. The van der Waals surface area contributed by atoms with Crippen LogP contribution in [-0.2, 0) is 10.8 Å². The number of rotatable bonds is 4. The van der Waals surface area contributed by atoms with Gasteiger partial charge in [0.15, 0.2) is 6.10 Å². The molecule has 4 heteroatoms. The van der Waals surface area contributed by atoms with E-state index in [1.54, 1.807) is 31.4 Å². The van der Waals surface area contributed by atoms with Crippen LogP contribution in [0.1, 0.15) is 80.1 Å². The van der Waals surface area contributed by atoms with Gasteiger partial charge in [-0.1, -0.05) is 71.9 Å². The fourth-order valence-electron chi connectivity index (χ4n) is 4.67. The molecule has 3 aromatic rings. The zero-order chi connectivity index (χ0) is 24.8. The van der Waals surface area contributed by atoms with E-state index in [0.717, 1.165) is 28.0 Å². The first kappa shape index (κ1) is 23.9. The van der Waals surface area contributed by atoms with Crippen molar-refractivity contribution >= 4 is 5.78 Å². The zero-order valence-electron chi connectivity index (χ0n) is 21.1. The summed E-state index contributed by atoms with van der Waals surface area (Å²) >= 11 is 0. The summed E-state index contributed by atoms with van der Waals surface area (Å²) in [5.74, 6) is 1.39. The maximum absolute atomic E-state index is 13.7. The summed E-state index contributed by atoms with van der Waals surface area (Å²) in [7, 11) is 1.61. The Balaban J connectivity index is 1.89. The number of carbonyl (C=O) groups is 1. The maximum atomic E-state index is 13.7. The molecular formula is C30H34O4. The number of hydrogen-bond donors (Lipinski definition) is 1. The van der Waals surface area contributed by atoms with Crippen molar-refractivity contribution in [2.24, 2.45) is 0 Å². The van der Waals surface area contributed by atoms with E-state index in [4.69, 9.17) is 9.47 Å². The summed E-state index contributed by atoms with van der Waals surface area (Å²) in [6.07, 6.45) is -0.698. The Morgan fingerprint density at radius 1 is 0.882 bits per heavy atom. The van der Waals surface area contributed by atoms with E-state index < -0.39 is 6.10 Å². The van der Waals surface area contributed by atoms with Crippen LogP contribution in [0.15, 0.2) is 60.7 Å². The summed E-state index contributed by atoms with van der Waals surface area (Å²) < 4.78 is 11.5. The molecule has 0 spiro atoms. The Bertz CT molecular complexity index is 1170. The maximum Gasteiger partial charge on any atom is 0.204 e. The van der Waals surface area contributed by atoms with Gasteiger partial charge in [0.25, 0.3) is 0 Å². The van der Waals surface area contributed by atoms with Gasteiger partial charge in [0.1, 0.15) is 17.2 Å². The van der Waals surface area contributed by atoms with Crippen LogP contribution < -0.4 is 9.47 Å². The van der Waals surface area contributed by atoms with Crippen LogP contribution in [-0.4, -0.2) is 24.1 Å². The Labute approximate surface area is 202 Å². The highest BCUT2D eigenvalue weighted by atomic mass is 16.5. The zero-order valence-corrected chi connectivity index (χ0v) is 21.1. The molecule has 0 radical (unpaired) electrons. The number of aromatic hydroxyl groups is 1. The topological polar surface area (TPSA) is 55.8 Å². The summed E-state index contributed by atoms with van der Waals surface area (Å²) in [4.78, 5) is 13.7. The quantitative estimate of drug-likeness (QED) is 0.438. The molecule has 0 amide bonds. The van der Waals surface area contributed by atoms with Crippen molar-refractivity contribution < 1.29 is 19.4 Å². The molecule has 0 fully saturated rings. The lowest BCUT2D eigenvalue weighted by molar-refractivity contribution is 0.0806. The molecule has 3 aromatic carbocycles. The van der Waals surface area contributed by atoms with Crippen LogP contribution in [0.2, 0.25) is 0 Å². The van der Waals surface area contributed by atoms with Gasteiger partial charge in [0, 0.05) is 11.1 Å². The number of hydrogen-bond acceptors (Lipinski definition) is 4. The number of ketones is 1. The third-order valence-corrected chi connectivity index (χ3v) is 6.55. The van der Waals surface area contributed by atoms with Gasteiger partial charge in [-0.15, -0.1) is 0 Å². The van der Waals surface area contributed by atoms with Crippen molar-refractivity contribution in [3.05, 3.63) is 88.5 Å². The van der Waals surface area contributed by atoms with Crippen molar-refractivity contribution in [3.8, 4) is 17.2 Å². The van der Waals surface area contributed by atoms with E-state index >= 15 is 0 Å². The second kappa shape index (κ2) is 8.50. The minimum atomic E-state index is -0.698. The Morgan fingerprint density at radius 3 is 1.97 bits per heavy atom. The molecule has 1 aliphatic rings. The van der Waals surface area contributed by atoms with Crippen LogP contribution in [0.25, 0.3) is 0 Å². The molecule has 178 valence electrons. The molecular weight excluding hydrogens is 424 g/mol. The monoisotopic (exact) mass is 458 g/mol. The van der Waals surface area contributed by atoms with Gasteiger partial charge < -0.3 is 14.6 Å². The predicted octanol–water partition coefficient (Wildman–Crippen LogP) is 6.77. The molecule has 0 aliphatic carbocycles. The largest absolute Gasteiger partial charge is 0.507 e. The SMILES string of the molecule is COc1ccc(C(=O)[C@H]2Oc3ccccc3[C@@H]2c2cc(C(C)(C)C)c(O)c(C(C)(C)C)c2)cc1. The minimum absolute atomic E-state index is 0.0773. The third-order valence-electron chi connectivity index (χ3n) is 6.55. The molecule has 2 atom stereocenters. The highest BCUT2D eigenvalue weighted by molar-refractivity contribution is 6.01. The molecule has 0 saturated carbocycles. The molecule has 4 nitrogen and oxygen atoms in total. The van der Waals surface area contributed by atoms with Gasteiger partial charge >= 0.3 is 0 Å². The van der Waals surface area contributed by atoms with Crippen molar-refractivity contribution in [2.75, 3.05) is 7.11 Å². The van der Waals surface area contributed by atoms with Gasteiger partial charge in [-0.3, -0.25) is 4.79 Å². The third kappa shape index (κ3) is 4.29. The normalized spacial score (nSPS) is 17.7. The molecule has 34 heavy (non-hydrogen) atoms. The highest BCUT2D eigenvalue weighted by Crippen LogP contribution is 2.47. The Morgan fingerprint density at radius 2 is 1.44 bits per heavy atom. The number of fused-ring (bicyclic) bond motifs is 1. The van der Waals surface area contributed by atoms with Crippen molar-refractivity contribution in [3.63, 3.8) is 0 Å². The van der Waals surface area contributed by atoms with Crippen molar-refractivity contribution in [1.82, 2.24) is 0 Å². The highest BCUT2D eigenvalue weighted by Gasteiger charge is 2.42. The Hall–Kier alpha value is -3.27. The van der Waals surface area contributed by atoms with Crippen LogP contribution >= 0.6 is 0 Å². The first-order valence-electron chi connectivity index (χ1n) is 11.7. The van der Waals surface area contributed by atoms with Gasteiger partial charge in [0.05, 0.1) is 13.0 Å². The number of carbonyl (C=O) groups excluding carboxylic acids is 1. The Kier molecular flexibility index (Phi) is 5.97. The summed E-state index contributed by atoms with van der Waals surface area (Å²) in [5, 5.41) is 11.2. The standard InChI is InChI=1S/C30H34O4/c1-29(2,3)22-16-19(17-23(27(22)32)30(4,5)6)25-21-10-8-9-11-24(21)34-28(25)26(31)18-12-14-20(33-7)15-13-18/h8-17,25,28,32H,1-7H3/t25-,28-/m0/s1. The number of benzene rings is 3. The van der Waals surface area contributed by atoms with Crippen LogP contribution in [0.3, 0.4) is 0 Å². The van der Waals surface area contributed by atoms with E-state index in [2.05, 4.69) is 53.7 Å². The molecule has 1 heterocycles. The van der Waals surface area contributed by atoms with E-state index in [1.807, 2.05) is 24.3 Å². The van der Waals surface area contributed by atoms with Gasteiger partial charge in [-0.2, -0.15) is 0 Å². The number of phenols is 1. The van der Waals surface area contributed by atoms with E-state index in [-0.39, 0.29) is 22.5 Å². The molecule has 1 N–H and O–H groups in total. The first-order valence-corrected chi connectivity index (χ1v) is 11.7. The summed E-state index contributed by atoms with van der Waals surface area (Å²) in [6, 6.07) is 19.1.